The lowest BCUT2D eigenvalue weighted by atomic mass is 9.92. The zero-order valence-electron chi connectivity index (χ0n) is 9.27. The Morgan fingerprint density at radius 3 is 2.94 bits per heavy atom. The molecule has 0 saturated heterocycles. The van der Waals surface area contributed by atoms with Gasteiger partial charge in [0.25, 0.3) is 5.91 Å². The summed E-state index contributed by atoms with van der Waals surface area (Å²) in [6, 6.07) is -0.155. The number of rotatable bonds is 2. The summed E-state index contributed by atoms with van der Waals surface area (Å²) in [4.78, 5) is 15.6. The fraction of sp³-hybridized carbons (Fsp3) is 0.636. The van der Waals surface area contributed by atoms with Gasteiger partial charge in [-0.05, 0) is 19.8 Å². The summed E-state index contributed by atoms with van der Waals surface area (Å²) in [7, 11) is 0. The largest absolute Gasteiger partial charge is 0.448 e. The second-order valence-electron chi connectivity index (χ2n) is 4.19. The third kappa shape index (κ3) is 2.24. The van der Waals surface area contributed by atoms with Gasteiger partial charge in [0.1, 0.15) is 5.76 Å². The third-order valence-electron chi connectivity index (χ3n) is 3.01. The normalized spacial score (nSPS) is 25.4. The number of aliphatic hydroxyl groups is 1. The molecule has 1 aromatic heterocycles. The first kappa shape index (κ1) is 11.1. The molecule has 5 nitrogen and oxygen atoms in total. The Labute approximate surface area is 93.9 Å². The van der Waals surface area contributed by atoms with E-state index in [4.69, 9.17) is 4.42 Å². The average Bonchev–Trinajstić information content (AvgIpc) is 2.68. The van der Waals surface area contributed by atoms with Crippen LogP contribution in [-0.2, 0) is 0 Å². The minimum Gasteiger partial charge on any atom is -0.448 e. The molecule has 1 heterocycles. The molecule has 0 radical (unpaired) electrons. The Morgan fingerprint density at radius 1 is 1.56 bits per heavy atom. The van der Waals surface area contributed by atoms with Crippen molar-refractivity contribution in [1.29, 1.82) is 0 Å². The van der Waals surface area contributed by atoms with E-state index in [1.807, 2.05) is 0 Å². The molecular formula is C11H16N2O3. The molecule has 5 heteroatoms. The van der Waals surface area contributed by atoms with E-state index in [0.717, 1.165) is 25.7 Å². The Balaban J connectivity index is 1.99. The molecule has 0 spiro atoms. The summed E-state index contributed by atoms with van der Waals surface area (Å²) < 4.78 is 4.97. The summed E-state index contributed by atoms with van der Waals surface area (Å²) in [5, 5.41) is 12.5. The number of carbonyl (C=O) groups is 1. The van der Waals surface area contributed by atoms with Crippen LogP contribution in [0.3, 0.4) is 0 Å². The number of nitrogens with zero attached hydrogens (tertiary/aromatic N) is 1. The van der Waals surface area contributed by atoms with Gasteiger partial charge in [0, 0.05) is 0 Å². The highest BCUT2D eigenvalue weighted by molar-refractivity contribution is 5.93. The molecular weight excluding hydrogens is 208 g/mol. The number of carbonyl (C=O) groups excluding carboxylic acids is 1. The van der Waals surface area contributed by atoms with Gasteiger partial charge in [-0.1, -0.05) is 12.8 Å². The number of aryl methyl sites for hydroxylation is 1. The van der Waals surface area contributed by atoms with Crippen LogP contribution in [0.2, 0.25) is 0 Å². The van der Waals surface area contributed by atoms with Gasteiger partial charge in [0.15, 0.2) is 12.1 Å². The standard InChI is InChI=1S/C11H16N2O3/c1-7-10(12-6-16-7)11(15)13-8-4-2-3-5-9(8)14/h6,8-9,14H,2-5H2,1H3,(H,13,15). The van der Waals surface area contributed by atoms with Crippen molar-refractivity contribution >= 4 is 5.91 Å². The van der Waals surface area contributed by atoms with Crippen LogP contribution in [0.25, 0.3) is 0 Å². The van der Waals surface area contributed by atoms with Gasteiger partial charge in [-0.2, -0.15) is 0 Å². The van der Waals surface area contributed by atoms with E-state index < -0.39 is 6.10 Å². The number of aliphatic hydroxyl groups excluding tert-OH is 1. The summed E-state index contributed by atoms with van der Waals surface area (Å²) in [6.45, 7) is 1.69. The molecule has 0 bridgehead atoms. The fourth-order valence-electron chi connectivity index (χ4n) is 2.04. The smallest absolute Gasteiger partial charge is 0.273 e. The van der Waals surface area contributed by atoms with Crippen molar-refractivity contribution in [3.05, 3.63) is 17.8 Å². The van der Waals surface area contributed by atoms with Gasteiger partial charge >= 0.3 is 0 Å². The second kappa shape index (κ2) is 4.65. The highest BCUT2D eigenvalue weighted by Gasteiger charge is 2.26. The molecule has 1 aliphatic rings. The van der Waals surface area contributed by atoms with Crippen LogP contribution in [0.5, 0.6) is 0 Å². The van der Waals surface area contributed by atoms with Gasteiger partial charge in [-0.15, -0.1) is 0 Å². The molecule has 2 atom stereocenters. The highest BCUT2D eigenvalue weighted by Crippen LogP contribution is 2.18. The lowest BCUT2D eigenvalue weighted by Crippen LogP contribution is -2.45. The van der Waals surface area contributed by atoms with Crippen LogP contribution in [0.15, 0.2) is 10.8 Å². The van der Waals surface area contributed by atoms with Gasteiger partial charge in [-0.3, -0.25) is 4.79 Å². The van der Waals surface area contributed by atoms with Crippen molar-refractivity contribution in [1.82, 2.24) is 10.3 Å². The molecule has 0 aliphatic heterocycles. The van der Waals surface area contributed by atoms with E-state index in [1.165, 1.54) is 6.39 Å². The zero-order chi connectivity index (χ0) is 11.5. The minimum absolute atomic E-state index is 0.155. The van der Waals surface area contributed by atoms with Crippen LogP contribution in [-0.4, -0.2) is 28.1 Å². The van der Waals surface area contributed by atoms with Crippen LogP contribution >= 0.6 is 0 Å². The predicted octanol–water partition coefficient (Wildman–Crippen LogP) is 1.02. The van der Waals surface area contributed by atoms with Gasteiger partial charge < -0.3 is 14.8 Å². The molecule has 88 valence electrons. The van der Waals surface area contributed by atoms with Crippen molar-refractivity contribution in [3.8, 4) is 0 Å². The van der Waals surface area contributed by atoms with E-state index in [-0.39, 0.29) is 11.9 Å². The van der Waals surface area contributed by atoms with E-state index in [0.29, 0.717) is 11.5 Å². The SMILES string of the molecule is Cc1ocnc1C(=O)NC1CCCCC1O. The van der Waals surface area contributed by atoms with E-state index in [1.54, 1.807) is 6.92 Å². The van der Waals surface area contributed by atoms with E-state index >= 15 is 0 Å². The molecule has 2 rings (SSSR count). The maximum atomic E-state index is 11.8. The average molecular weight is 224 g/mol. The molecule has 1 aliphatic carbocycles. The Bertz CT molecular complexity index is 375. The van der Waals surface area contributed by atoms with Crippen molar-refractivity contribution in [2.24, 2.45) is 0 Å². The molecule has 1 saturated carbocycles. The molecule has 1 aromatic rings. The van der Waals surface area contributed by atoms with Crippen molar-refractivity contribution in [2.45, 2.75) is 44.8 Å². The predicted molar refractivity (Wildman–Crippen MR) is 57.0 cm³/mol. The number of hydrogen-bond acceptors (Lipinski definition) is 4. The van der Waals surface area contributed by atoms with Gasteiger partial charge in [0.2, 0.25) is 0 Å². The molecule has 2 N–H and O–H groups in total. The maximum Gasteiger partial charge on any atom is 0.273 e. The number of amides is 1. The van der Waals surface area contributed by atoms with E-state index in [2.05, 4.69) is 10.3 Å². The van der Waals surface area contributed by atoms with Crippen molar-refractivity contribution in [2.75, 3.05) is 0 Å². The summed E-state index contributed by atoms with van der Waals surface area (Å²) in [5.41, 5.74) is 0.303. The van der Waals surface area contributed by atoms with Crippen LogP contribution in [0.1, 0.15) is 41.9 Å². The Kier molecular flexibility index (Phi) is 3.24. The third-order valence-corrected chi connectivity index (χ3v) is 3.01. The van der Waals surface area contributed by atoms with E-state index in [9.17, 15) is 9.90 Å². The minimum atomic E-state index is -0.440. The van der Waals surface area contributed by atoms with Gasteiger partial charge in [0.05, 0.1) is 12.1 Å². The number of aromatic nitrogens is 1. The zero-order valence-corrected chi connectivity index (χ0v) is 9.27. The summed E-state index contributed by atoms with van der Waals surface area (Å²) in [6.07, 6.45) is 4.45. The Hall–Kier alpha value is -1.36. The molecule has 16 heavy (non-hydrogen) atoms. The maximum absolute atomic E-state index is 11.8. The lowest BCUT2D eigenvalue weighted by molar-refractivity contribution is 0.0713. The summed E-state index contributed by atoms with van der Waals surface area (Å²) >= 11 is 0. The van der Waals surface area contributed by atoms with Crippen LogP contribution < -0.4 is 5.32 Å². The topological polar surface area (TPSA) is 75.4 Å². The Morgan fingerprint density at radius 2 is 2.31 bits per heavy atom. The van der Waals surface area contributed by atoms with Crippen LogP contribution in [0, 0.1) is 6.92 Å². The van der Waals surface area contributed by atoms with Gasteiger partial charge in [-0.25, -0.2) is 4.98 Å². The number of oxazole rings is 1. The quantitative estimate of drug-likeness (QED) is 0.786. The molecule has 1 amide bonds. The second-order valence-corrected chi connectivity index (χ2v) is 4.19. The molecule has 0 aromatic carbocycles. The molecule has 1 fully saturated rings. The highest BCUT2D eigenvalue weighted by atomic mass is 16.3. The lowest BCUT2D eigenvalue weighted by Gasteiger charge is -2.27. The van der Waals surface area contributed by atoms with Crippen molar-refractivity contribution in [3.63, 3.8) is 0 Å². The fourth-order valence-corrected chi connectivity index (χ4v) is 2.04. The number of nitrogens with one attached hydrogen (secondary N) is 1. The first-order valence-corrected chi connectivity index (χ1v) is 5.57. The van der Waals surface area contributed by atoms with Crippen LogP contribution in [0.4, 0.5) is 0 Å². The number of hydrogen-bond donors (Lipinski definition) is 2. The molecule has 2 unspecified atom stereocenters. The first-order valence-electron chi connectivity index (χ1n) is 5.57. The first-order chi connectivity index (χ1) is 7.68. The van der Waals surface area contributed by atoms with Crippen molar-refractivity contribution < 1.29 is 14.3 Å². The monoisotopic (exact) mass is 224 g/mol. The summed E-state index contributed by atoms with van der Waals surface area (Å²) in [5.74, 6) is 0.236.